The second-order valence-corrected chi connectivity index (χ2v) is 7.05. The molecule has 1 heterocycles. The maximum absolute atomic E-state index is 12.4. The van der Waals surface area contributed by atoms with Crippen LogP contribution in [0.5, 0.6) is 0 Å². The number of hydrogen-bond acceptors (Lipinski definition) is 4. The molecular formula is C18H24N2O5. The maximum Gasteiger partial charge on any atom is 0.334 e. The van der Waals surface area contributed by atoms with Crippen LogP contribution in [0.4, 0.5) is 5.69 Å². The fraction of sp³-hybridized carbons (Fsp3) is 0.500. The second kappa shape index (κ2) is 7.65. The molecule has 2 rings (SSSR count). The second-order valence-electron chi connectivity index (χ2n) is 7.05. The van der Waals surface area contributed by atoms with E-state index in [0.717, 1.165) is 5.56 Å². The fourth-order valence-electron chi connectivity index (χ4n) is 2.72. The third-order valence-electron chi connectivity index (χ3n) is 4.02. The lowest BCUT2D eigenvalue weighted by Crippen LogP contribution is -2.45. The number of nitrogens with one attached hydrogen (secondary N) is 1. The van der Waals surface area contributed by atoms with Crippen molar-refractivity contribution in [3.05, 3.63) is 29.8 Å². The van der Waals surface area contributed by atoms with E-state index in [9.17, 15) is 14.4 Å². The van der Waals surface area contributed by atoms with Crippen LogP contribution in [0.25, 0.3) is 0 Å². The largest absolute Gasteiger partial charge is 0.479 e. The van der Waals surface area contributed by atoms with E-state index in [1.165, 1.54) is 4.90 Å². The van der Waals surface area contributed by atoms with Crippen molar-refractivity contribution in [3.63, 3.8) is 0 Å². The molecule has 1 aromatic rings. The normalized spacial score (nSPS) is 18.4. The molecule has 0 aliphatic carbocycles. The summed E-state index contributed by atoms with van der Waals surface area (Å²) in [5, 5.41) is 11.8. The average Bonchev–Trinajstić information content (AvgIpc) is 2.79. The maximum atomic E-state index is 12.4. The van der Waals surface area contributed by atoms with Gasteiger partial charge in [0.15, 0.2) is 6.10 Å². The predicted octanol–water partition coefficient (Wildman–Crippen LogP) is 1.62. The number of anilines is 1. The first-order valence-electron chi connectivity index (χ1n) is 8.24. The van der Waals surface area contributed by atoms with Crippen LogP contribution in [0, 0.1) is 0 Å². The third kappa shape index (κ3) is 4.79. The molecular weight excluding hydrogens is 324 g/mol. The number of para-hydroxylation sites is 1. The number of carbonyl (C=O) groups excluding carboxylic acids is 2. The average molecular weight is 348 g/mol. The Balaban J connectivity index is 2.13. The van der Waals surface area contributed by atoms with E-state index in [4.69, 9.17) is 9.84 Å². The Labute approximate surface area is 147 Å². The summed E-state index contributed by atoms with van der Waals surface area (Å²) in [5.74, 6) is -2.67. The van der Waals surface area contributed by atoms with Gasteiger partial charge in [-0.15, -0.1) is 0 Å². The van der Waals surface area contributed by atoms with Crippen molar-refractivity contribution < 1.29 is 24.2 Å². The van der Waals surface area contributed by atoms with Gasteiger partial charge in [-0.05, 0) is 23.5 Å². The molecule has 0 spiro atoms. The van der Waals surface area contributed by atoms with Crippen LogP contribution in [0.15, 0.2) is 24.3 Å². The lowest BCUT2D eigenvalue weighted by Gasteiger charge is -2.24. The van der Waals surface area contributed by atoms with Gasteiger partial charge in [0.25, 0.3) is 0 Å². The molecule has 0 aromatic heterocycles. The minimum Gasteiger partial charge on any atom is -0.479 e. The van der Waals surface area contributed by atoms with Gasteiger partial charge in [-0.2, -0.15) is 0 Å². The van der Waals surface area contributed by atoms with Crippen molar-refractivity contribution in [1.82, 2.24) is 4.90 Å². The van der Waals surface area contributed by atoms with Crippen molar-refractivity contribution in [2.24, 2.45) is 0 Å². The number of carboxylic acid groups (broad SMARTS) is 1. The minimum absolute atomic E-state index is 0.136. The Hall–Kier alpha value is -2.41. The molecule has 7 nitrogen and oxygen atoms in total. The molecule has 2 amide bonds. The summed E-state index contributed by atoms with van der Waals surface area (Å²) in [6.07, 6.45) is -0.623. The molecule has 136 valence electrons. The lowest BCUT2D eigenvalue weighted by molar-refractivity contribution is -0.152. The van der Waals surface area contributed by atoms with Gasteiger partial charge in [-0.3, -0.25) is 9.59 Å². The van der Waals surface area contributed by atoms with Crippen molar-refractivity contribution in [2.45, 2.75) is 38.7 Å². The Kier molecular flexibility index (Phi) is 5.79. The third-order valence-corrected chi connectivity index (χ3v) is 4.02. The summed E-state index contributed by atoms with van der Waals surface area (Å²) in [6, 6.07) is 7.31. The Morgan fingerprint density at radius 2 is 1.92 bits per heavy atom. The van der Waals surface area contributed by atoms with Crippen molar-refractivity contribution in [1.29, 1.82) is 0 Å². The highest BCUT2D eigenvalue weighted by Crippen LogP contribution is 2.29. The van der Waals surface area contributed by atoms with E-state index < -0.39 is 23.9 Å². The topological polar surface area (TPSA) is 95.9 Å². The highest BCUT2D eigenvalue weighted by molar-refractivity contribution is 6.39. The Bertz CT molecular complexity index is 666. The summed E-state index contributed by atoms with van der Waals surface area (Å²) in [5.41, 5.74) is 1.30. The number of hydrogen-bond donors (Lipinski definition) is 2. The Morgan fingerprint density at radius 3 is 2.56 bits per heavy atom. The van der Waals surface area contributed by atoms with E-state index in [1.807, 2.05) is 32.9 Å². The van der Waals surface area contributed by atoms with E-state index in [0.29, 0.717) is 12.1 Å². The highest BCUT2D eigenvalue weighted by Gasteiger charge is 2.31. The van der Waals surface area contributed by atoms with E-state index in [2.05, 4.69) is 5.32 Å². The minimum atomic E-state index is -1.14. The zero-order chi connectivity index (χ0) is 18.6. The number of rotatable bonds is 2. The summed E-state index contributed by atoms with van der Waals surface area (Å²) < 4.78 is 5.18. The van der Waals surface area contributed by atoms with E-state index in [1.54, 1.807) is 12.1 Å². The van der Waals surface area contributed by atoms with Crippen LogP contribution < -0.4 is 5.32 Å². The fourth-order valence-corrected chi connectivity index (χ4v) is 2.72. The van der Waals surface area contributed by atoms with Crippen molar-refractivity contribution in [2.75, 3.05) is 25.0 Å². The zero-order valence-electron chi connectivity index (χ0n) is 14.7. The molecule has 0 saturated carbocycles. The zero-order valence-corrected chi connectivity index (χ0v) is 14.7. The number of amides is 2. The molecule has 25 heavy (non-hydrogen) atoms. The van der Waals surface area contributed by atoms with Crippen molar-refractivity contribution in [3.8, 4) is 0 Å². The van der Waals surface area contributed by atoms with Gasteiger partial charge in [0.1, 0.15) is 0 Å². The van der Waals surface area contributed by atoms with Gasteiger partial charge in [-0.25, -0.2) is 4.79 Å². The summed E-state index contributed by atoms with van der Waals surface area (Å²) in [4.78, 5) is 37.2. The molecule has 7 heteroatoms. The first-order valence-corrected chi connectivity index (χ1v) is 8.24. The first kappa shape index (κ1) is 18.9. The molecule has 1 atom stereocenters. The van der Waals surface area contributed by atoms with Crippen molar-refractivity contribution >= 4 is 23.5 Å². The van der Waals surface area contributed by atoms with Crippen LogP contribution in [0.1, 0.15) is 32.8 Å². The molecule has 1 aliphatic heterocycles. The number of carboxylic acids is 1. The number of carbonyl (C=O) groups is 3. The van der Waals surface area contributed by atoms with Gasteiger partial charge < -0.3 is 20.1 Å². The van der Waals surface area contributed by atoms with Gasteiger partial charge in [0, 0.05) is 18.8 Å². The predicted molar refractivity (Wildman–Crippen MR) is 92.3 cm³/mol. The number of ether oxygens (including phenoxy) is 1. The molecule has 0 radical (unpaired) electrons. The van der Waals surface area contributed by atoms with E-state index in [-0.39, 0.29) is 25.1 Å². The SMILES string of the molecule is CC(C)(C)c1ccccc1NC(=O)C(=O)N1CCCO[C@H](C(=O)O)C1. The molecule has 1 aliphatic rings. The molecule has 1 fully saturated rings. The molecule has 1 saturated heterocycles. The van der Waals surface area contributed by atoms with E-state index >= 15 is 0 Å². The van der Waals surface area contributed by atoms with Gasteiger partial charge in [0.2, 0.25) is 0 Å². The van der Waals surface area contributed by atoms with Gasteiger partial charge in [-0.1, -0.05) is 39.0 Å². The standard InChI is InChI=1S/C18H24N2O5/c1-18(2,3)12-7-4-5-8-13(12)19-15(21)16(22)20-9-6-10-25-14(11-20)17(23)24/h4-5,7-8,14H,6,9-11H2,1-3H3,(H,19,21)(H,23,24)/t14-/m0/s1. The van der Waals surface area contributed by atoms with Gasteiger partial charge in [0.05, 0.1) is 6.54 Å². The summed E-state index contributed by atoms with van der Waals surface area (Å²) in [7, 11) is 0. The summed E-state index contributed by atoms with van der Waals surface area (Å²) >= 11 is 0. The molecule has 1 aromatic carbocycles. The molecule has 0 unspecified atom stereocenters. The van der Waals surface area contributed by atoms with Crippen LogP contribution >= 0.6 is 0 Å². The monoisotopic (exact) mass is 348 g/mol. The number of benzene rings is 1. The van der Waals surface area contributed by atoms with Crippen LogP contribution in [0.2, 0.25) is 0 Å². The quantitative estimate of drug-likeness (QED) is 0.792. The molecule has 0 bridgehead atoms. The van der Waals surface area contributed by atoms with Gasteiger partial charge >= 0.3 is 17.8 Å². The highest BCUT2D eigenvalue weighted by atomic mass is 16.5. The number of aliphatic carboxylic acids is 1. The first-order chi connectivity index (χ1) is 11.7. The van der Waals surface area contributed by atoms with Crippen LogP contribution in [0.3, 0.4) is 0 Å². The number of nitrogens with zero attached hydrogens (tertiary/aromatic N) is 1. The lowest BCUT2D eigenvalue weighted by atomic mass is 9.86. The van der Waals surface area contributed by atoms with Crippen LogP contribution in [-0.4, -0.2) is 53.6 Å². The Morgan fingerprint density at radius 1 is 1.24 bits per heavy atom. The van der Waals surface area contributed by atoms with Crippen LogP contribution in [-0.2, 0) is 24.5 Å². The smallest absolute Gasteiger partial charge is 0.334 e. The molecule has 2 N–H and O–H groups in total. The summed E-state index contributed by atoms with van der Waals surface area (Å²) in [6.45, 7) is 6.45.